The first-order valence-corrected chi connectivity index (χ1v) is 10.6. The van der Waals surface area contributed by atoms with E-state index in [9.17, 15) is 18.0 Å². The highest BCUT2D eigenvalue weighted by Crippen LogP contribution is 2.36. The fraction of sp³-hybridized carbons (Fsp3) is 0.158. The normalized spacial score (nSPS) is 11.3. The molecule has 0 unspecified atom stereocenters. The van der Waals surface area contributed by atoms with Crippen LogP contribution in [-0.4, -0.2) is 33.2 Å². The third kappa shape index (κ3) is 3.58. The molecule has 3 aromatic rings. The molecular formula is C19H17NO5S2. The molecule has 140 valence electrons. The molecule has 0 aliphatic carbocycles. The third-order valence-corrected chi connectivity index (χ3v) is 6.93. The van der Waals surface area contributed by atoms with Crippen LogP contribution < -0.4 is 5.32 Å². The van der Waals surface area contributed by atoms with Gasteiger partial charge in [0.05, 0.1) is 23.3 Å². The maximum atomic E-state index is 12.8. The van der Waals surface area contributed by atoms with E-state index >= 15 is 0 Å². The number of nitrogens with one attached hydrogen (secondary N) is 1. The van der Waals surface area contributed by atoms with Gasteiger partial charge < -0.3 is 10.1 Å². The Bertz CT molecular complexity index is 1130. The highest BCUT2D eigenvalue weighted by molar-refractivity contribution is 7.91. The van der Waals surface area contributed by atoms with Crippen LogP contribution in [-0.2, 0) is 14.6 Å². The molecule has 0 bridgehead atoms. The molecule has 0 saturated heterocycles. The minimum atomic E-state index is -3.57. The Labute approximate surface area is 160 Å². The molecule has 6 nitrogen and oxygen atoms in total. The number of fused-ring (bicyclic) bond motifs is 1. The zero-order chi connectivity index (χ0) is 19.6. The van der Waals surface area contributed by atoms with Gasteiger partial charge in [-0.15, -0.1) is 11.3 Å². The lowest BCUT2D eigenvalue weighted by Crippen LogP contribution is -2.18. The molecule has 0 fully saturated rings. The Hall–Kier alpha value is -2.71. The van der Waals surface area contributed by atoms with Gasteiger partial charge >= 0.3 is 5.97 Å². The number of amides is 1. The summed E-state index contributed by atoms with van der Waals surface area (Å²) in [6, 6.07) is 13.2. The predicted octanol–water partition coefficient (Wildman–Crippen LogP) is 3.73. The number of esters is 1. The Morgan fingerprint density at radius 1 is 1.07 bits per heavy atom. The van der Waals surface area contributed by atoms with E-state index in [4.69, 9.17) is 4.74 Å². The van der Waals surface area contributed by atoms with Crippen molar-refractivity contribution in [3.63, 3.8) is 0 Å². The van der Waals surface area contributed by atoms with Gasteiger partial charge in [-0.05, 0) is 18.2 Å². The second-order valence-electron chi connectivity index (χ2n) is 5.65. The van der Waals surface area contributed by atoms with Crippen LogP contribution in [0.25, 0.3) is 10.1 Å². The summed E-state index contributed by atoms with van der Waals surface area (Å²) in [7, 11) is -2.30. The van der Waals surface area contributed by atoms with E-state index in [-0.39, 0.29) is 21.8 Å². The van der Waals surface area contributed by atoms with E-state index in [1.807, 2.05) is 12.1 Å². The second-order valence-corrected chi connectivity index (χ2v) is 8.95. The SMILES string of the molecule is CCS(=O)(=O)c1ccccc1C(=O)Nc1sc2ccccc2c1C(=O)OC. The molecule has 0 spiro atoms. The summed E-state index contributed by atoms with van der Waals surface area (Å²) >= 11 is 1.23. The van der Waals surface area contributed by atoms with Crippen molar-refractivity contribution < 1.29 is 22.7 Å². The third-order valence-electron chi connectivity index (χ3n) is 4.06. The van der Waals surface area contributed by atoms with Crippen molar-refractivity contribution in [1.82, 2.24) is 0 Å². The van der Waals surface area contributed by atoms with Gasteiger partial charge in [0.2, 0.25) is 0 Å². The van der Waals surface area contributed by atoms with E-state index < -0.39 is 21.7 Å². The van der Waals surface area contributed by atoms with Gasteiger partial charge in [0.25, 0.3) is 5.91 Å². The maximum Gasteiger partial charge on any atom is 0.341 e. The van der Waals surface area contributed by atoms with Gasteiger partial charge in [0.1, 0.15) is 10.6 Å². The minimum absolute atomic E-state index is 0.0348. The number of sulfone groups is 1. The number of carbonyl (C=O) groups is 2. The summed E-state index contributed by atoms with van der Waals surface area (Å²) in [4.78, 5) is 25.0. The first kappa shape index (κ1) is 19.1. The van der Waals surface area contributed by atoms with Crippen LogP contribution in [0, 0.1) is 0 Å². The van der Waals surface area contributed by atoms with E-state index in [0.717, 1.165) is 4.70 Å². The van der Waals surface area contributed by atoms with Gasteiger partial charge in [-0.3, -0.25) is 4.79 Å². The van der Waals surface area contributed by atoms with E-state index in [2.05, 4.69) is 5.32 Å². The smallest absolute Gasteiger partial charge is 0.341 e. The van der Waals surface area contributed by atoms with Crippen LogP contribution in [0.1, 0.15) is 27.6 Å². The zero-order valence-corrected chi connectivity index (χ0v) is 16.3. The molecule has 1 amide bonds. The van der Waals surface area contributed by atoms with Crippen molar-refractivity contribution in [3.05, 3.63) is 59.7 Å². The van der Waals surface area contributed by atoms with Crippen LogP contribution in [0.5, 0.6) is 0 Å². The maximum absolute atomic E-state index is 12.8. The Morgan fingerprint density at radius 3 is 2.44 bits per heavy atom. The number of carbonyl (C=O) groups excluding carboxylic acids is 2. The summed E-state index contributed by atoms with van der Waals surface area (Å²) < 4.78 is 30.2. The number of hydrogen-bond donors (Lipinski definition) is 1. The van der Waals surface area contributed by atoms with Crippen molar-refractivity contribution >= 4 is 48.1 Å². The minimum Gasteiger partial charge on any atom is -0.465 e. The fourth-order valence-electron chi connectivity index (χ4n) is 2.69. The van der Waals surface area contributed by atoms with E-state index in [0.29, 0.717) is 10.4 Å². The molecule has 1 N–H and O–H groups in total. The first-order chi connectivity index (χ1) is 12.9. The Kier molecular flexibility index (Phi) is 5.29. The molecule has 0 atom stereocenters. The number of hydrogen-bond acceptors (Lipinski definition) is 6. The monoisotopic (exact) mass is 403 g/mol. The van der Waals surface area contributed by atoms with Gasteiger partial charge in [0, 0.05) is 10.1 Å². The standard InChI is InChI=1S/C19H17NO5S2/c1-3-27(23,24)15-11-7-5-9-13(15)17(21)20-18-16(19(22)25-2)12-8-4-6-10-14(12)26-18/h4-11H,3H2,1-2H3,(H,20,21). The van der Waals surface area contributed by atoms with Gasteiger partial charge in [-0.1, -0.05) is 37.3 Å². The van der Waals surface area contributed by atoms with Crippen LogP contribution in [0.3, 0.4) is 0 Å². The van der Waals surface area contributed by atoms with E-state index in [1.165, 1.54) is 37.5 Å². The molecule has 0 aliphatic rings. The number of methoxy groups -OCH3 is 1. The summed E-state index contributed by atoms with van der Waals surface area (Å²) in [5.74, 6) is -1.29. The average molecular weight is 403 g/mol. The number of anilines is 1. The Balaban J connectivity index is 2.07. The van der Waals surface area contributed by atoms with Crippen molar-refractivity contribution in [2.24, 2.45) is 0 Å². The zero-order valence-electron chi connectivity index (χ0n) is 14.7. The molecule has 0 aliphatic heterocycles. The van der Waals surface area contributed by atoms with Crippen LogP contribution in [0.4, 0.5) is 5.00 Å². The highest BCUT2D eigenvalue weighted by atomic mass is 32.2. The van der Waals surface area contributed by atoms with Crippen LogP contribution >= 0.6 is 11.3 Å². The second kappa shape index (κ2) is 7.50. The van der Waals surface area contributed by atoms with Gasteiger partial charge in [-0.2, -0.15) is 0 Å². The van der Waals surface area contributed by atoms with Crippen molar-refractivity contribution in [3.8, 4) is 0 Å². The largest absolute Gasteiger partial charge is 0.465 e. The number of rotatable bonds is 5. The highest BCUT2D eigenvalue weighted by Gasteiger charge is 2.24. The van der Waals surface area contributed by atoms with Gasteiger partial charge in [-0.25, -0.2) is 13.2 Å². The lowest BCUT2D eigenvalue weighted by molar-refractivity contribution is 0.0604. The first-order valence-electron chi connectivity index (χ1n) is 8.12. The number of ether oxygens (including phenoxy) is 1. The van der Waals surface area contributed by atoms with Crippen molar-refractivity contribution in [1.29, 1.82) is 0 Å². The molecule has 8 heteroatoms. The molecule has 27 heavy (non-hydrogen) atoms. The number of thiophene rings is 1. The number of benzene rings is 2. The lowest BCUT2D eigenvalue weighted by atomic mass is 10.1. The summed E-state index contributed by atoms with van der Waals surface area (Å²) in [5, 5.41) is 3.66. The molecule has 1 heterocycles. The summed E-state index contributed by atoms with van der Waals surface area (Å²) in [6.07, 6.45) is 0. The van der Waals surface area contributed by atoms with Crippen molar-refractivity contribution in [2.75, 3.05) is 18.2 Å². The van der Waals surface area contributed by atoms with Gasteiger partial charge in [0.15, 0.2) is 9.84 Å². The molecule has 0 saturated carbocycles. The quantitative estimate of drug-likeness (QED) is 0.656. The fourth-order valence-corrected chi connectivity index (χ4v) is 4.87. The average Bonchev–Trinajstić information content (AvgIpc) is 3.05. The topological polar surface area (TPSA) is 89.5 Å². The van der Waals surface area contributed by atoms with E-state index in [1.54, 1.807) is 24.3 Å². The molecule has 2 aromatic carbocycles. The molecule has 1 aromatic heterocycles. The van der Waals surface area contributed by atoms with Crippen LogP contribution in [0.15, 0.2) is 53.4 Å². The van der Waals surface area contributed by atoms with Crippen molar-refractivity contribution in [2.45, 2.75) is 11.8 Å². The Morgan fingerprint density at radius 2 is 1.74 bits per heavy atom. The summed E-state index contributed by atoms with van der Waals surface area (Å²) in [5.41, 5.74) is 0.287. The lowest BCUT2D eigenvalue weighted by Gasteiger charge is -2.10. The molecule has 3 rings (SSSR count). The van der Waals surface area contributed by atoms with Crippen LogP contribution in [0.2, 0.25) is 0 Å². The molecular weight excluding hydrogens is 386 g/mol. The predicted molar refractivity (Wildman–Crippen MR) is 105 cm³/mol. The molecule has 0 radical (unpaired) electrons. The summed E-state index contributed by atoms with van der Waals surface area (Å²) in [6.45, 7) is 1.52.